The highest BCUT2D eigenvalue weighted by molar-refractivity contribution is 5.93. The maximum atomic E-state index is 13.4. The van der Waals surface area contributed by atoms with Gasteiger partial charge in [-0.15, -0.1) is 0 Å². The van der Waals surface area contributed by atoms with Gasteiger partial charge in [0.25, 0.3) is 5.91 Å². The van der Waals surface area contributed by atoms with Crippen molar-refractivity contribution < 1.29 is 4.79 Å². The molecule has 0 unspecified atom stereocenters. The molecule has 0 radical (unpaired) electrons. The molecule has 0 N–H and O–H groups in total. The van der Waals surface area contributed by atoms with Crippen LogP contribution >= 0.6 is 0 Å². The second kappa shape index (κ2) is 11.0. The Kier molecular flexibility index (Phi) is 7.35. The number of hydrogen-bond acceptors (Lipinski definition) is 5. The molecule has 2 saturated heterocycles. The van der Waals surface area contributed by atoms with E-state index in [4.69, 9.17) is 5.53 Å². The molecule has 2 aromatic carbocycles. The number of anilines is 2. The van der Waals surface area contributed by atoms with Gasteiger partial charge in [-0.1, -0.05) is 41.5 Å². The molecule has 3 heterocycles. The summed E-state index contributed by atoms with van der Waals surface area (Å²) in [7, 11) is 2.00. The summed E-state index contributed by atoms with van der Waals surface area (Å²) in [6, 6.07) is 20.2. The smallest absolute Gasteiger partial charge is 0.270 e. The van der Waals surface area contributed by atoms with E-state index in [9.17, 15) is 4.79 Å². The summed E-state index contributed by atoms with van der Waals surface area (Å²) in [5.74, 6) is 0.115. The third-order valence-corrected chi connectivity index (χ3v) is 7.69. The monoisotopic (exact) mass is 498 g/mol. The van der Waals surface area contributed by atoms with E-state index in [-0.39, 0.29) is 5.91 Å². The molecular formula is C28H34N8O. The summed E-state index contributed by atoms with van der Waals surface area (Å²) in [6.07, 6.45) is 0. The Balaban J connectivity index is 1.20. The number of azide groups is 1. The average molecular weight is 499 g/mol. The highest BCUT2D eigenvalue weighted by Gasteiger charge is 2.26. The molecule has 0 saturated carbocycles. The van der Waals surface area contributed by atoms with E-state index in [2.05, 4.69) is 62.0 Å². The summed E-state index contributed by atoms with van der Waals surface area (Å²) < 4.78 is 2.05. The van der Waals surface area contributed by atoms with E-state index >= 15 is 0 Å². The number of benzene rings is 2. The van der Waals surface area contributed by atoms with Crippen LogP contribution in [0.5, 0.6) is 0 Å². The molecule has 1 aromatic heterocycles. The average Bonchev–Trinajstić information content (AvgIpc) is 3.23. The first kappa shape index (κ1) is 24.7. The Hall–Kier alpha value is -3.94. The lowest BCUT2D eigenvalue weighted by atomic mass is 10.2. The first-order chi connectivity index (χ1) is 18.0. The number of rotatable bonds is 6. The van der Waals surface area contributed by atoms with Crippen LogP contribution in [0.4, 0.5) is 17.1 Å². The van der Waals surface area contributed by atoms with Gasteiger partial charge in [-0.3, -0.25) is 9.69 Å². The van der Waals surface area contributed by atoms with Crippen LogP contribution in [0, 0.1) is 6.92 Å². The van der Waals surface area contributed by atoms with Gasteiger partial charge in [0.05, 0.1) is 5.69 Å². The van der Waals surface area contributed by atoms with E-state index < -0.39 is 0 Å². The highest BCUT2D eigenvalue weighted by atomic mass is 16.2. The maximum absolute atomic E-state index is 13.4. The topological polar surface area (TPSA) is 83.7 Å². The van der Waals surface area contributed by atoms with Crippen molar-refractivity contribution in [1.82, 2.24) is 14.4 Å². The molecule has 192 valence electrons. The van der Waals surface area contributed by atoms with E-state index in [0.29, 0.717) is 5.69 Å². The Labute approximate surface area is 218 Å². The summed E-state index contributed by atoms with van der Waals surface area (Å²) in [5.41, 5.74) is 14.9. The summed E-state index contributed by atoms with van der Waals surface area (Å²) in [6.45, 7) is 9.61. The van der Waals surface area contributed by atoms with Gasteiger partial charge in [0.2, 0.25) is 0 Å². The second-order valence-corrected chi connectivity index (χ2v) is 9.76. The number of para-hydroxylation sites is 2. The number of aromatic nitrogens is 1. The molecule has 9 nitrogen and oxygen atoms in total. The lowest BCUT2D eigenvalue weighted by molar-refractivity contribution is 0.0737. The van der Waals surface area contributed by atoms with Gasteiger partial charge in [-0.2, -0.15) is 0 Å². The number of carbonyl (C=O) groups excluding carboxylic acids is 1. The minimum Gasteiger partial charge on any atom is -0.369 e. The van der Waals surface area contributed by atoms with Gasteiger partial charge >= 0.3 is 0 Å². The number of nitrogens with zero attached hydrogens (tertiary/aromatic N) is 8. The molecule has 0 spiro atoms. The van der Waals surface area contributed by atoms with Crippen molar-refractivity contribution in [3.8, 4) is 0 Å². The summed E-state index contributed by atoms with van der Waals surface area (Å²) in [5, 5.41) is 3.85. The first-order valence-corrected chi connectivity index (χ1v) is 12.9. The molecule has 3 aromatic rings. The van der Waals surface area contributed by atoms with Crippen molar-refractivity contribution in [3.05, 3.63) is 88.1 Å². The molecule has 37 heavy (non-hydrogen) atoms. The van der Waals surface area contributed by atoms with E-state index in [1.165, 1.54) is 11.3 Å². The maximum Gasteiger partial charge on any atom is 0.270 e. The fourth-order valence-electron chi connectivity index (χ4n) is 5.35. The van der Waals surface area contributed by atoms with E-state index in [1.54, 1.807) is 0 Å². The molecule has 2 aliphatic rings. The summed E-state index contributed by atoms with van der Waals surface area (Å²) >= 11 is 0. The largest absolute Gasteiger partial charge is 0.369 e. The van der Waals surface area contributed by atoms with Crippen molar-refractivity contribution in [2.75, 3.05) is 62.2 Å². The lowest BCUT2D eigenvalue weighted by Crippen LogP contribution is -2.49. The molecule has 0 aliphatic carbocycles. The summed E-state index contributed by atoms with van der Waals surface area (Å²) in [4.78, 5) is 25.4. The van der Waals surface area contributed by atoms with Gasteiger partial charge in [0.1, 0.15) is 5.69 Å². The van der Waals surface area contributed by atoms with Crippen LogP contribution in [0.15, 0.2) is 65.8 Å². The zero-order chi connectivity index (χ0) is 25.8. The number of carbonyl (C=O) groups is 1. The van der Waals surface area contributed by atoms with Crippen molar-refractivity contribution >= 4 is 23.0 Å². The Morgan fingerprint density at radius 1 is 0.892 bits per heavy atom. The highest BCUT2D eigenvalue weighted by Crippen LogP contribution is 2.29. The SMILES string of the molecule is Cc1c(CN2CCN(c3ccccc3N=[N+]=[N-])CC2)cc(C(=O)N2CCN(c3ccccc3)CC2)n1C. The Morgan fingerprint density at radius 2 is 1.54 bits per heavy atom. The first-order valence-electron chi connectivity index (χ1n) is 12.9. The van der Waals surface area contributed by atoms with Crippen LogP contribution in [0.25, 0.3) is 10.4 Å². The fraction of sp³-hybridized carbons (Fsp3) is 0.393. The van der Waals surface area contributed by atoms with Gasteiger partial charge in [0.15, 0.2) is 0 Å². The number of piperazine rings is 2. The molecule has 2 aliphatic heterocycles. The minimum atomic E-state index is 0.115. The van der Waals surface area contributed by atoms with Crippen molar-refractivity contribution in [3.63, 3.8) is 0 Å². The zero-order valence-corrected chi connectivity index (χ0v) is 21.6. The predicted molar refractivity (Wildman–Crippen MR) is 147 cm³/mol. The van der Waals surface area contributed by atoms with Crippen LogP contribution in [0.3, 0.4) is 0 Å². The molecular weight excluding hydrogens is 464 g/mol. The normalized spacial score (nSPS) is 16.5. The molecule has 0 bridgehead atoms. The van der Waals surface area contributed by atoms with Crippen molar-refractivity contribution in [2.24, 2.45) is 12.2 Å². The second-order valence-electron chi connectivity index (χ2n) is 9.76. The van der Waals surface area contributed by atoms with Gasteiger partial charge in [0, 0.05) is 87.9 Å². The standard InChI is InChI=1S/C28H34N8O/c1-22-23(21-33-12-14-35(15-13-33)26-11-7-6-10-25(26)30-31-29)20-27(32(22)2)28(37)36-18-16-34(17-19-36)24-8-4-3-5-9-24/h3-11,20H,12-19,21H2,1-2H3. The number of amides is 1. The lowest BCUT2D eigenvalue weighted by Gasteiger charge is -2.36. The van der Waals surface area contributed by atoms with Crippen LogP contribution in [0.1, 0.15) is 21.7 Å². The van der Waals surface area contributed by atoms with Crippen molar-refractivity contribution in [1.29, 1.82) is 0 Å². The van der Waals surface area contributed by atoms with Crippen LogP contribution in [-0.4, -0.2) is 72.6 Å². The van der Waals surface area contributed by atoms with E-state index in [1.807, 2.05) is 46.8 Å². The molecule has 5 rings (SSSR count). The Morgan fingerprint density at radius 3 is 2.24 bits per heavy atom. The quantitative estimate of drug-likeness (QED) is 0.283. The molecule has 1 amide bonds. The van der Waals surface area contributed by atoms with Gasteiger partial charge < -0.3 is 19.3 Å². The van der Waals surface area contributed by atoms with Crippen LogP contribution in [0.2, 0.25) is 0 Å². The third-order valence-electron chi connectivity index (χ3n) is 7.69. The Bertz CT molecular complexity index is 1280. The minimum absolute atomic E-state index is 0.115. The predicted octanol–water partition coefficient (Wildman–Crippen LogP) is 4.56. The van der Waals surface area contributed by atoms with Crippen molar-refractivity contribution in [2.45, 2.75) is 13.5 Å². The van der Waals surface area contributed by atoms with Crippen LogP contribution < -0.4 is 9.80 Å². The van der Waals surface area contributed by atoms with Gasteiger partial charge in [-0.25, -0.2) is 0 Å². The van der Waals surface area contributed by atoms with E-state index in [0.717, 1.165) is 76.0 Å². The van der Waals surface area contributed by atoms with Crippen LogP contribution in [-0.2, 0) is 13.6 Å². The van der Waals surface area contributed by atoms with Gasteiger partial charge in [-0.05, 0) is 42.3 Å². The fourth-order valence-corrected chi connectivity index (χ4v) is 5.35. The number of hydrogen-bond donors (Lipinski definition) is 0. The third kappa shape index (κ3) is 5.28. The zero-order valence-electron chi connectivity index (χ0n) is 21.6. The molecule has 2 fully saturated rings. The molecule has 9 heteroatoms. The molecule has 0 atom stereocenters.